The van der Waals surface area contributed by atoms with Crippen LogP contribution in [-0.4, -0.2) is 43.8 Å². The molecule has 0 aliphatic heterocycles. The van der Waals surface area contributed by atoms with Gasteiger partial charge in [0.2, 0.25) is 0 Å². The maximum Gasteiger partial charge on any atom is 0.414 e. The number of carbonyl (C=O) groups is 1. The van der Waals surface area contributed by atoms with Gasteiger partial charge < -0.3 is 9.64 Å². The second kappa shape index (κ2) is 6.89. The van der Waals surface area contributed by atoms with Crippen LogP contribution in [0.3, 0.4) is 0 Å². The van der Waals surface area contributed by atoms with Gasteiger partial charge in [-0.05, 0) is 65.6 Å². The van der Waals surface area contributed by atoms with Gasteiger partial charge >= 0.3 is 6.09 Å². The summed E-state index contributed by atoms with van der Waals surface area (Å²) < 4.78 is 19.0. The van der Waals surface area contributed by atoms with Gasteiger partial charge in [-0.3, -0.25) is 4.90 Å². The molecule has 0 saturated heterocycles. The van der Waals surface area contributed by atoms with Gasteiger partial charge in [-0.1, -0.05) is 0 Å². The summed E-state index contributed by atoms with van der Waals surface area (Å²) in [6.07, 6.45) is -0.464. The predicted octanol–water partition coefficient (Wildman–Crippen LogP) is 3.44. The number of hydrogen-bond acceptors (Lipinski definition) is 3. The molecule has 0 saturated carbocycles. The molecule has 1 aromatic rings. The number of rotatable bonds is 4. The van der Waals surface area contributed by atoms with Gasteiger partial charge in [0.25, 0.3) is 0 Å². The second-order valence-electron chi connectivity index (χ2n) is 6.42. The molecule has 0 spiro atoms. The first-order valence-corrected chi connectivity index (χ1v) is 7.01. The normalized spacial score (nSPS) is 11.6. The van der Waals surface area contributed by atoms with E-state index in [9.17, 15) is 9.18 Å². The number of benzene rings is 1. The third kappa shape index (κ3) is 6.12. The van der Waals surface area contributed by atoms with Crippen LogP contribution < -0.4 is 4.90 Å². The first-order chi connectivity index (χ1) is 9.58. The molecule has 0 fully saturated rings. The Morgan fingerprint density at radius 2 is 1.81 bits per heavy atom. The molecule has 1 rings (SSSR count). The van der Waals surface area contributed by atoms with Crippen LogP contribution in [0.15, 0.2) is 18.2 Å². The Balaban J connectivity index is 3.03. The summed E-state index contributed by atoms with van der Waals surface area (Å²) in [5, 5.41) is 0. The average molecular weight is 296 g/mol. The maximum atomic E-state index is 13.6. The average Bonchev–Trinajstić information content (AvgIpc) is 2.24. The lowest BCUT2D eigenvalue weighted by Gasteiger charge is -2.28. The van der Waals surface area contributed by atoms with Gasteiger partial charge in [0.05, 0.1) is 5.69 Å². The minimum absolute atomic E-state index is 0.358. The van der Waals surface area contributed by atoms with Gasteiger partial charge in [-0.15, -0.1) is 0 Å². The molecule has 4 nitrogen and oxygen atoms in total. The van der Waals surface area contributed by atoms with Crippen molar-refractivity contribution in [2.45, 2.75) is 33.3 Å². The van der Waals surface area contributed by atoms with Crippen molar-refractivity contribution in [1.29, 1.82) is 0 Å². The third-order valence-corrected chi connectivity index (χ3v) is 2.72. The fourth-order valence-corrected chi connectivity index (χ4v) is 1.82. The van der Waals surface area contributed by atoms with E-state index in [4.69, 9.17) is 4.74 Å². The fourth-order valence-electron chi connectivity index (χ4n) is 1.82. The highest BCUT2D eigenvalue weighted by Gasteiger charge is 2.23. The van der Waals surface area contributed by atoms with Crippen LogP contribution in [-0.2, 0) is 4.74 Å². The number of carbonyl (C=O) groups excluding carboxylic acids is 1. The zero-order valence-corrected chi connectivity index (χ0v) is 13.7. The van der Waals surface area contributed by atoms with Gasteiger partial charge in [0.1, 0.15) is 11.4 Å². The molecule has 118 valence electrons. The standard InChI is InChI=1S/C16H25FN2O2/c1-12-9-13(17)11-14(10-12)19(8-7-18(5)6)15(20)21-16(2,3)4/h9-11H,7-8H2,1-6H3. The zero-order valence-electron chi connectivity index (χ0n) is 13.7. The fraction of sp³-hybridized carbons (Fsp3) is 0.562. The Kier molecular flexibility index (Phi) is 5.72. The van der Waals surface area contributed by atoms with E-state index in [0.717, 1.165) is 5.56 Å². The molecule has 0 radical (unpaired) electrons. The van der Waals surface area contributed by atoms with Crippen molar-refractivity contribution >= 4 is 11.8 Å². The Labute approximate surface area is 126 Å². The van der Waals surface area contributed by atoms with Crippen LogP contribution in [0.2, 0.25) is 0 Å². The molecular formula is C16H25FN2O2. The molecule has 1 amide bonds. The van der Waals surface area contributed by atoms with Crippen molar-refractivity contribution in [2.75, 3.05) is 32.1 Å². The number of halogens is 1. The van der Waals surface area contributed by atoms with Crippen molar-refractivity contribution in [3.8, 4) is 0 Å². The largest absolute Gasteiger partial charge is 0.443 e. The highest BCUT2D eigenvalue weighted by atomic mass is 19.1. The minimum atomic E-state index is -0.587. The molecule has 0 atom stereocenters. The van der Waals surface area contributed by atoms with Crippen molar-refractivity contribution in [3.05, 3.63) is 29.6 Å². The van der Waals surface area contributed by atoms with Crippen molar-refractivity contribution < 1.29 is 13.9 Å². The molecule has 0 bridgehead atoms. The van der Waals surface area contributed by atoms with E-state index in [0.29, 0.717) is 18.8 Å². The van der Waals surface area contributed by atoms with E-state index in [-0.39, 0.29) is 5.82 Å². The Morgan fingerprint density at radius 3 is 2.29 bits per heavy atom. The summed E-state index contributed by atoms with van der Waals surface area (Å²) in [4.78, 5) is 15.8. The van der Waals surface area contributed by atoms with Crippen LogP contribution in [0.25, 0.3) is 0 Å². The number of amides is 1. The number of nitrogens with zero attached hydrogens (tertiary/aromatic N) is 2. The molecule has 5 heteroatoms. The molecular weight excluding hydrogens is 271 g/mol. The smallest absolute Gasteiger partial charge is 0.414 e. The van der Waals surface area contributed by atoms with Crippen molar-refractivity contribution in [3.63, 3.8) is 0 Å². The van der Waals surface area contributed by atoms with E-state index < -0.39 is 11.7 Å². The molecule has 0 aliphatic rings. The first kappa shape index (κ1) is 17.4. The summed E-state index contributed by atoms with van der Waals surface area (Å²) in [5.74, 6) is -0.358. The highest BCUT2D eigenvalue weighted by Crippen LogP contribution is 2.21. The second-order valence-corrected chi connectivity index (χ2v) is 6.42. The lowest BCUT2D eigenvalue weighted by molar-refractivity contribution is 0.0578. The number of likely N-dealkylation sites (N-methyl/N-ethyl adjacent to an activating group) is 1. The molecule has 21 heavy (non-hydrogen) atoms. The highest BCUT2D eigenvalue weighted by molar-refractivity contribution is 5.88. The monoisotopic (exact) mass is 296 g/mol. The molecule has 0 aliphatic carbocycles. The van der Waals surface area contributed by atoms with E-state index in [1.54, 1.807) is 13.0 Å². The lowest BCUT2D eigenvalue weighted by atomic mass is 10.2. The predicted molar refractivity (Wildman–Crippen MR) is 83.3 cm³/mol. The van der Waals surface area contributed by atoms with E-state index >= 15 is 0 Å². The minimum Gasteiger partial charge on any atom is -0.443 e. The van der Waals surface area contributed by atoms with Gasteiger partial charge in [-0.25, -0.2) is 9.18 Å². The van der Waals surface area contributed by atoms with E-state index in [1.807, 2.05) is 39.8 Å². The molecule has 0 aromatic heterocycles. The number of ether oxygens (including phenoxy) is 1. The van der Waals surface area contributed by atoms with Crippen molar-refractivity contribution in [2.24, 2.45) is 0 Å². The zero-order chi connectivity index (χ0) is 16.2. The van der Waals surface area contributed by atoms with Gasteiger partial charge in [-0.2, -0.15) is 0 Å². The summed E-state index contributed by atoms with van der Waals surface area (Å²) in [5.41, 5.74) is 0.697. The van der Waals surface area contributed by atoms with Crippen molar-refractivity contribution in [1.82, 2.24) is 4.90 Å². The number of anilines is 1. The molecule has 1 aromatic carbocycles. The summed E-state index contributed by atoms with van der Waals surface area (Å²) in [7, 11) is 3.84. The van der Waals surface area contributed by atoms with Crippen LogP contribution >= 0.6 is 0 Å². The van der Waals surface area contributed by atoms with Crippen LogP contribution in [0.1, 0.15) is 26.3 Å². The third-order valence-electron chi connectivity index (χ3n) is 2.72. The lowest BCUT2D eigenvalue weighted by Crippen LogP contribution is -2.40. The Morgan fingerprint density at radius 1 is 1.19 bits per heavy atom. The van der Waals surface area contributed by atoms with Crippen LogP contribution in [0, 0.1) is 12.7 Å². The van der Waals surface area contributed by atoms with Gasteiger partial charge in [0, 0.05) is 13.1 Å². The maximum absolute atomic E-state index is 13.6. The summed E-state index contributed by atoms with van der Waals surface area (Å²) in [6, 6.07) is 4.57. The van der Waals surface area contributed by atoms with Crippen LogP contribution in [0.5, 0.6) is 0 Å². The molecule has 0 heterocycles. The number of aryl methyl sites for hydroxylation is 1. The Hall–Kier alpha value is -1.62. The summed E-state index contributed by atoms with van der Waals surface area (Å²) in [6.45, 7) is 8.33. The van der Waals surface area contributed by atoms with E-state index in [1.165, 1.54) is 17.0 Å². The van der Waals surface area contributed by atoms with Crippen LogP contribution in [0.4, 0.5) is 14.9 Å². The van der Waals surface area contributed by atoms with E-state index in [2.05, 4.69) is 0 Å². The first-order valence-electron chi connectivity index (χ1n) is 7.01. The Bertz CT molecular complexity index is 475. The molecule has 0 N–H and O–H groups in total. The molecule has 0 unspecified atom stereocenters. The van der Waals surface area contributed by atoms with Gasteiger partial charge in [0.15, 0.2) is 0 Å². The quantitative estimate of drug-likeness (QED) is 0.853. The number of hydrogen-bond donors (Lipinski definition) is 0. The summed E-state index contributed by atoms with van der Waals surface area (Å²) >= 11 is 0. The SMILES string of the molecule is Cc1cc(F)cc(N(CCN(C)C)C(=O)OC(C)(C)C)c1. The topological polar surface area (TPSA) is 32.8 Å².